The molecule has 3 amide bonds. The molecular weight excluding hydrogens is 404 g/mol. The number of aromatic hydroxyl groups is 1. The number of urea groups is 1. The SMILES string of the molecule is Cc1cc(O)ccc1C1=C[C@H]2C[C@@H]1N(C(=O)CN1Cc3c(ccc(F)c3F)NC1=O)C2. The molecule has 1 saturated heterocycles. The highest BCUT2D eigenvalue weighted by atomic mass is 19.2. The number of phenolic OH excluding ortho intramolecular Hbond substituents is 1. The molecular formula is C23H21F2N3O3. The van der Waals surface area contributed by atoms with Crippen molar-refractivity contribution in [1.29, 1.82) is 0 Å². The normalized spacial score (nSPS) is 21.8. The number of amides is 3. The van der Waals surface area contributed by atoms with E-state index < -0.39 is 17.7 Å². The lowest BCUT2D eigenvalue weighted by atomic mass is 9.95. The van der Waals surface area contributed by atoms with Gasteiger partial charge in [-0.3, -0.25) is 4.79 Å². The first kappa shape index (κ1) is 19.5. The standard InChI is InChI=1S/C23H21F2N3O3/c1-12-6-14(29)2-3-15(12)16-7-13-8-20(16)28(9-13)21(30)11-27-10-17-19(26-23(27)31)5-4-18(24)22(17)25/h2-7,13,20,29H,8-11H2,1H3,(H,26,31)/t13-,20-/m0/s1. The lowest BCUT2D eigenvalue weighted by Gasteiger charge is -2.33. The van der Waals surface area contributed by atoms with E-state index in [1.54, 1.807) is 17.0 Å². The summed E-state index contributed by atoms with van der Waals surface area (Å²) >= 11 is 0. The molecule has 160 valence electrons. The van der Waals surface area contributed by atoms with Crippen LogP contribution in [0.3, 0.4) is 0 Å². The molecule has 6 nitrogen and oxygen atoms in total. The van der Waals surface area contributed by atoms with Gasteiger partial charge in [0.1, 0.15) is 12.3 Å². The van der Waals surface area contributed by atoms with E-state index in [1.165, 1.54) is 11.0 Å². The molecule has 0 aromatic heterocycles. The number of hydrogen-bond acceptors (Lipinski definition) is 3. The number of carbonyl (C=O) groups excluding carboxylic acids is 2. The number of rotatable bonds is 3. The van der Waals surface area contributed by atoms with Gasteiger partial charge in [-0.15, -0.1) is 0 Å². The van der Waals surface area contributed by atoms with Crippen LogP contribution in [0.4, 0.5) is 19.3 Å². The van der Waals surface area contributed by atoms with Crippen molar-refractivity contribution >= 4 is 23.2 Å². The van der Waals surface area contributed by atoms with Gasteiger partial charge in [0.25, 0.3) is 0 Å². The van der Waals surface area contributed by atoms with E-state index in [2.05, 4.69) is 11.4 Å². The highest BCUT2D eigenvalue weighted by molar-refractivity contribution is 5.95. The van der Waals surface area contributed by atoms with Crippen LogP contribution >= 0.6 is 0 Å². The van der Waals surface area contributed by atoms with Crippen molar-refractivity contribution in [1.82, 2.24) is 9.80 Å². The highest BCUT2D eigenvalue weighted by Crippen LogP contribution is 2.43. The lowest BCUT2D eigenvalue weighted by molar-refractivity contribution is -0.132. The van der Waals surface area contributed by atoms with Gasteiger partial charge >= 0.3 is 6.03 Å². The summed E-state index contributed by atoms with van der Waals surface area (Å²) in [7, 11) is 0. The maximum absolute atomic E-state index is 14.2. The van der Waals surface area contributed by atoms with E-state index >= 15 is 0 Å². The van der Waals surface area contributed by atoms with Crippen LogP contribution in [0.5, 0.6) is 5.75 Å². The van der Waals surface area contributed by atoms with Crippen molar-refractivity contribution in [3.63, 3.8) is 0 Å². The van der Waals surface area contributed by atoms with Crippen LogP contribution in [0.15, 0.2) is 36.4 Å². The molecule has 2 aromatic rings. The van der Waals surface area contributed by atoms with Crippen LogP contribution in [0.2, 0.25) is 0 Å². The van der Waals surface area contributed by atoms with E-state index in [9.17, 15) is 23.5 Å². The zero-order valence-corrected chi connectivity index (χ0v) is 16.9. The van der Waals surface area contributed by atoms with Crippen LogP contribution in [0.1, 0.15) is 23.1 Å². The van der Waals surface area contributed by atoms with E-state index in [0.717, 1.165) is 29.2 Å². The van der Waals surface area contributed by atoms with Crippen LogP contribution in [-0.4, -0.2) is 46.0 Å². The third-order valence-corrected chi connectivity index (χ3v) is 6.35. The number of hydrogen-bond donors (Lipinski definition) is 2. The first-order valence-corrected chi connectivity index (χ1v) is 10.2. The number of carbonyl (C=O) groups is 2. The van der Waals surface area contributed by atoms with Gasteiger partial charge in [0.05, 0.1) is 18.3 Å². The molecule has 0 radical (unpaired) electrons. The molecule has 1 fully saturated rings. The van der Waals surface area contributed by atoms with Crippen molar-refractivity contribution in [3.8, 4) is 5.75 Å². The second-order valence-corrected chi connectivity index (χ2v) is 8.35. The summed E-state index contributed by atoms with van der Waals surface area (Å²) < 4.78 is 27.8. The Morgan fingerprint density at radius 3 is 2.81 bits per heavy atom. The van der Waals surface area contributed by atoms with Gasteiger partial charge in [-0.2, -0.15) is 0 Å². The molecule has 1 aliphatic carbocycles. The fourth-order valence-electron chi connectivity index (χ4n) is 4.87. The predicted octanol–water partition coefficient (Wildman–Crippen LogP) is 3.64. The van der Waals surface area contributed by atoms with Crippen molar-refractivity contribution < 1.29 is 23.5 Å². The van der Waals surface area contributed by atoms with Crippen molar-refractivity contribution in [2.24, 2.45) is 5.92 Å². The van der Waals surface area contributed by atoms with Crippen LogP contribution in [0.25, 0.3) is 5.57 Å². The number of likely N-dealkylation sites (tertiary alicyclic amines) is 1. The number of phenols is 1. The summed E-state index contributed by atoms with van der Waals surface area (Å²) in [4.78, 5) is 28.5. The Morgan fingerprint density at radius 2 is 2.06 bits per heavy atom. The molecule has 0 saturated carbocycles. The Labute approximate surface area is 177 Å². The summed E-state index contributed by atoms with van der Waals surface area (Å²) in [6.07, 6.45) is 2.99. The average Bonchev–Trinajstić information content (AvgIpc) is 3.33. The minimum absolute atomic E-state index is 0.0376. The van der Waals surface area contributed by atoms with Crippen LogP contribution in [0, 0.1) is 24.5 Å². The molecule has 2 aromatic carbocycles. The number of fused-ring (bicyclic) bond motifs is 3. The van der Waals surface area contributed by atoms with Crippen LogP contribution in [-0.2, 0) is 11.3 Å². The Balaban J connectivity index is 1.34. The molecule has 2 atom stereocenters. The van der Waals surface area contributed by atoms with E-state index in [-0.39, 0.29) is 48.0 Å². The molecule has 2 heterocycles. The fourth-order valence-corrected chi connectivity index (χ4v) is 4.87. The topological polar surface area (TPSA) is 72.9 Å². The van der Waals surface area contributed by atoms with Gasteiger partial charge < -0.3 is 20.2 Å². The zero-order chi connectivity index (χ0) is 21.9. The summed E-state index contributed by atoms with van der Waals surface area (Å²) in [6, 6.07) is 6.85. The van der Waals surface area contributed by atoms with E-state index in [4.69, 9.17) is 0 Å². The first-order valence-electron chi connectivity index (χ1n) is 10.2. The molecule has 2 aliphatic heterocycles. The molecule has 31 heavy (non-hydrogen) atoms. The van der Waals surface area contributed by atoms with Crippen molar-refractivity contribution in [2.45, 2.75) is 25.9 Å². The maximum atomic E-state index is 14.2. The first-order chi connectivity index (χ1) is 14.8. The maximum Gasteiger partial charge on any atom is 0.322 e. The molecule has 3 aliphatic rings. The quantitative estimate of drug-likeness (QED) is 0.789. The molecule has 0 spiro atoms. The minimum atomic E-state index is -1.01. The lowest BCUT2D eigenvalue weighted by Crippen LogP contribution is -2.48. The molecule has 8 heteroatoms. The number of nitrogens with zero attached hydrogens (tertiary/aromatic N) is 2. The van der Waals surface area contributed by atoms with Gasteiger partial charge in [-0.25, -0.2) is 13.6 Å². The molecule has 2 bridgehead atoms. The predicted molar refractivity (Wildman–Crippen MR) is 110 cm³/mol. The Hall–Kier alpha value is -3.42. The third kappa shape index (κ3) is 3.22. The van der Waals surface area contributed by atoms with E-state index in [0.29, 0.717) is 6.54 Å². The average molecular weight is 425 g/mol. The van der Waals surface area contributed by atoms with Crippen molar-refractivity contribution in [3.05, 3.63) is 64.7 Å². The fraction of sp³-hybridized carbons (Fsp3) is 0.304. The number of anilines is 1. The second-order valence-electron chi connectivity index (χ2n) is 8.35. The smallest absolute Gasteiger partial charge is 0.322 e. The number of aryl methyl sites for hydroxylation is 1. The third-order valence-electron chi connectivity index (χ3n) is 6.35. The summed E-state index contributed by atoms with van der Waals surface area (Å²) in [6.45, 7) is 2.10. The van der Waals surface area contributed by atoms with Gasteiger partial charge in [-0.1, -0.05) is 12.1 Å². The van der Waals surface area contributed by atoms with Crippen LogP contribution < -0.4 is 5.32 Å². The van der Waals surface area contributed by atoms with Gasteiger partial charge in [0.2, 0.25) is 5.91 Å². The second kappa shape index (κ2) is 7.08. The molecule has 0 unspecified atom stereocenters. The molecule has 5 rings (SSSR count). The zero-order valence-electron chi connectivity index (χ0n) is 16.9. The van der Waals surface area contributed by atoms with E-state index in [1.807, 2.05) is 13.0 Å². The summed E-state index contributed by atoms with van der Waals surface area (Å²) in [5.41, 5.74) is 3.22. The summed E-state index contributed by atoms with van der Waals surface area (Å²) in [5.74, 6) is -1.80. The Bertz CT molecular complexity index is 1150. The van der Waals surface area contributed by atoms with Gasteiger partial charge in [0, 0.05) is 12.1 Å². The molecule has 2 N–H and O–H groups in total. The van der Waals surface area contributed by atoms with Gasteiger partial charge in [-0.05, 0) is 60.2 Å². The Kier molecular flexibility index (Phi) is 4.46. The summed E-state index contributed by atoms with van der Waals surface area (Å²) in [5, 5.41) is 12.2. The monoisotopic (exact) mass is 425 g/mol. The van der Waals surface area contributed by atoms with Gasteiger partial charge in [0.15, 0.2) is 11.6 Å². The number of halogens is 2. The highest BCUT2D eigenvalue weighted by Gasteiger charge is 2.43. The number of nitrogens with one attached hydrogen (secondary N) is 1. The number of benzene rings is 2. The van der Waals surface area contributed by atoms with Crippen molar-refractivity contribution in [2.75, 3.05) is 18.4 Å². The minimum Gasteiger partial charge on any atom is -0.508 e. The Morgan fingerprint density at radius 1 is 1.26 bits per heavy atom. The largest absolute Gasteiger partial charge is 0.508 e.